The summed E-state index contributed by atoms with van der Waals surface area (Å²) < 4.78 is 0. The van der Waals surface area contributed by atoms with E-state index in [4.69, 9.17) is 0 Å². The summed E-state index contributed by atoms with van der Waals surface area (Å²) in [6.45, 7) is 0. The third-order valence-corrected chi connectivity index (χ3v) is 15.7. The molecule has 8 saturated carbocycles. The molecule has 2 aromatic rings. The van der Waals surface area contributed by atoms with Gasteiger partial charge in [0.15, 0.2) is 0 Å². The van der Waals surface area contributed by atoms with Gasteiger partial charge in [-0.15, -0.1) is 0 Å². The van der Waals surface area contributed by atoms with Crippen molar-refractivity contribution in [3.63, 3.8) is 0 Å². The van der Waals surface area contributed by atoms with E-state index in [0.29, 0.717) is 10.3 Å². The molecule has 8 bridgehead atoms. The van der Waals surface area contributed by atoms with Gasteiger partial charge in [-0.2, -0.15) is 0 Å². The number of rotatable bonds is 5. The summed E-state index contributed by atoms with van der Waals surface area (Å²) in [5.41, 5.74) is 4.35. The zero-order chi connectivity index (χ0) is 24.1. The maximum atomic E-state index is 2.64. The van der Waals surface area contributed by atoms with Crippen LogP contribution < -0.4 is 22.6 Å². The summed E-state index contributed by atoms with van der Waals surface area (Å²) in [6, 6.07) is 19.4. The van der Waals surface area contributed by atoms with Crippen molar-refractivity contribution in [1.29, 1.82) is 0 Å². The normalized spacial score (nSPS) is 40.4. The summed E-state index contributed by atoms with van der Waals surface area (Å²) in [6.07, 6.45) is 18.8. The minimum Gasteiger partial charge on any atom is -1.00 e. The van der Waals surface area contributed by atoms with E-state index in [2.05, 4.69) is 67.5 Å². The molecule has 4 heteroatoms. The van der Waals surface area contributed by atoms with Crippen LogP contribution in [0.25, 0.3) is 11.1 Å². The van der Waals surface area contributed by atoms with Crippen LogP contribution in [0.15, 0.2) is 48.5 Å². The van der Waals surface area contributed by atoms with Gasteiger partial charge in [0.05, 0.1) is 0 Å². The first-order valence-electron chi connectivity index (χ1n) is 15.2. The smallest absolute Gasteiger partial charge is 1.00 e. The van der Waals surface area contributed by atoms with Crippen LogP contribution in [0.1, 0.15) is 77.0 Å². The largest absolute Gasteiger partial charge is 1.00 e. The molecule has 38 heavy (non-hydrogen) atoms. The molecule has 0 N–H and O–H groups in total. The predicted molar refractivity (Wildman–Crippen MR) is 155 cm³/mol. The molecule has 1 nitrogen and oxygen atoms in total. The molecule has 10 rings (SSSR count). The van der Waals surface area contributed by atoms with E-state index in [1.807, 2.05) is 5.30 Å². The molecule has 0 amide bonds. The van der Waals surface area contributed by atoms with Gasteiger partial charge in [0.25, 0.3) is 0 Å². The standard InChI is InChI=1S/C34H44NP.Au.ClH/c1-35(2)30-9-7-29(8-10-30)31-5-3-4-6-32(31)36(33-17-23-11-24(18-33)13-25(12-23)19-33)34-20-26-14-27(21-34)16-28(15-26)22-34;;/h3-10,23-28H,11-22H2,1-2H3;;1H/q;+1;/p-1. The van der Waals surface area contributed by atoms with Crippen molar-refractivity contribution in [2.45, 2.75) is 87.4 Å². The van der Waals surface area contributed by atoms with Gasteiger partial charge in [0.2, 0.25) is 0 Å². The Hall–Kier alpha value is -0.300. The van der Waals surface area contributed by atoms with Crippen molar-refractivity contribution in [3.05, 3.63) is 48.5 Å². The van der Waals surface area contributed by atoms with Crippen LogP contribution in [-0.4, -0.2) is 24.4 Å². The van der Waals surface area contributed by atoms with Crippen molar-refractivity contribution in [1.82, 2.24) is 0 Å². The Morgan fingerprint density at radius 2 is 1.00 bits per heavy atom. The summed E-state index contributed by atoms with van der Waals surface area (Å²) in [5.74, 6) is 6.26. The molecule has 8 fully saturated rings. The summed E-state index contributed by atoms with van der Waals surface area (Å²) in [7, 11) is 4.13. The molecular weight excluding hydrogens is 686 g/mol. The van der Waals surface area contributed by atoms with Crippen LogP contribution in [0, 0.1) is 35.5 Å². The van der Waals surface area contributed by atoms with Crippen LogP contribution in [-0.2, 0) is 22.4 Å². The van der Waals surface area contributed by atoms with Crippen LogP contribution in [0.2, 0.25) is 0 Å². The molecule has 208 valence electrons. The van der Waals surface area contributed by atoms with Crippen LogP contribution in [0.5, 0.6) is 0 Å². The Bertz CT molecular complexity index is 1040. The molecule has 8 aliphatic rings. The molecule has 0 heterocycles. The number of anilines is 1. The monoisotopic (exact) mass is 729 g/mol. The van der Waals surface area contributed by atoms with Gasteiger partial charge in [-0.25, -0.2) is 0 Å². The average molecular weight is 730 g/mol. The second-order valence-electron chi connectivity index (χ2n) is 14.6. The molecule has 2 aromatic carbocycles. The second kappa shape index (κ2) is 10.2. The maximum Gasteiger partial charge on any atom is 1.00 e. The van der Waals surface area contributed by atoms with Gasteiger partial charge in [0, 0.05) is 19.8 Å². The Morgan fingerprint density at radius 3 is 1.39 bits per heavy atom. The Morgan fingerprint density at radius 1 is 0.605 bits per heavy atom. The second-order valence-corrected chi connectivity index (χ2v) is 17.6. The Balaban J connectivity index is 0.00000132. The summed E-state index contributed by atoms with van der Waals surface area (Å²) in [4.78, 5) is 2.23. The quantitative estimate of drug-likeness (QED) is 0.292. The third kappa shape index (κ3) is 4.41. The SMILES string of the molecule is CN(C)c1ccc(-c2ccccc2P(C23CC4CC(CC(C4)C2)C3)C23CC4CC(CC(C4)C2)C3)cc1.[Au+].[Cl-]. The van der Waals surface area contributed by atoms with Crippen LogP contribution in [0.3, 0.4) is 0 Å². The van der Waals surface area contributed by atoms with E-state index in [1.165, 1.54) is 11.3 Å². The first kappa shape index (κ1) is 27.8. The fourth-order valence-electron chi connectivity index (χ4n) is 11.5. The van der Waals surface area contributed by atoms with Crippen molar-refractivity contribution < 1.29 is 34.8 Å². The summed E-state index contributed by atoms with van der Waals surface area (Å²) >= 11 is 0. The van der Waals surface area contributed by atoms with Gasteiger partial charge in [-0.3, -0.25) is 0 Å². The first-order valence-corrected chi connectivity index (χ1v) is 16.5. The Labute approximate surface area is 254 Å². The van der Waals surface area contributed by atoms with Crippen molar-refractivity contribution in [3.8, 4) is 11.1 Å². The zero-order valence-corrected chi connectivity index (χ0v) is 27.0. The predicted octanol–water partition coefficient (Wildman–Crippen LogP) is 5.47. The molecule has 0 aliphatic heterocycles. The topological polar surface area (TPSA) is 3.24 Å². The molecule has 0 atom stereocenters. The average Bonchev–Trinajstić information content (AvgIpc) is 2.82. The minimum atomic E-state index is -0.179. The van der Waals surface area contributed by atoms with Gasteiger partial charge < -0.3 is 17.3 Å². The fraction of sp³-hybridized carbons (Fsp3) is 0.647. The van der Waals surface area contributed by atoms with Gasteiger partial charge in [0.1, 0.15) is 0 Å². The zero-order valence-electron chi connectivity index (χ0n) is 23.1. The number of hydrogen-bond acceptors (Lipinski definition) is 1. The van der Waals surface area contributed by atoms with E-state index in [-0.39, 0.29) is 42.7 Å². The maximum absolute atomic E-state index is 2.64. The number of nitrogens with zero attached hydrogens (tertiary/aromatic N) is 1. The van der Waals surface area contributed by atoms with E-state index in [1.54, 1.807) is 82.6 Å². The first-order chi connectivity index (χ1) is 17.5. The van der Waals surface area contributed by atoms with Gasteiger partial charge >= 0.3 is 22.4 Å². The third-order valence-electron chi connectivity index (χ3n) is 11.8. The molecule has 0 aromatic heterocycles. The minimum absolute atomic E-state index is 0. The molecule has 0 radical (unpaired) electrons. The molecule has 0 saturated heterocycles. The van der Waals surface area contributed by atoms with Crippen molar-refractivity contribution >= 4 is 18.9 Å². The fourth-order valence-corrected chi connectivity index (χ4v) is 16.9. The van der Waals surface area contributed by atoms with E-state index >= 15 is 0 Å². The van der Waals surface area contributed by atoms with Crippen LogP contribution >= 0.6 is 7.92 Å². The summed E-state index contributed by atoms with van der Waals surface area (Å²) in [5, 5.41) is 3.08. The van der Waals surface area contributed by atoms with Crippen molar-refractivity contribution in [2.24, 2.45) is 35.5 Å². The number of halogens is 1. The number of benzene rings is 2. The molecule has 0 unspecified atom stereocenters. The Kier molecular flexibility index (Phi) is 7.48. The van der Waals surface area contributed by atoms with E-state index in [0.717, 1.165) is 35.5 Å². The molecule has 8 aliphatic carbocycles. The van der Waals surface area contributed by atoms with Crippen molar-refractivity contribution in [2.75, 3.05) is 19.0 Å². The van der Waals surface area contributed by atoms with Gasteiger partial charge in [-0.1, -0.05) is 44.3 Å². The number of hydrogen-bond donors (Lipinski definition) is 0. The molecule has 0 spiro atoms. The van der Waals surface area contributed by atoms with E-state index in [9.17, 15) is 0 Å². The van der Waals surface area contributed by atoms with Gasteiger partial charge in [-0.05, 0) is 151 Å². The van der Waals surface area contributed by atoms with E-state index < -0.39 is 0 Å². The van der Waals surface area contributed by atoms with Crippen LogP contribution in [0.4, 0.5) is 5.69 Å². The molecular formula is C34H44AuClNP.